The minimum atomic E-state index is 0.0914. The summed E-state index contributed by atoms with van der Waals surface area (Å²) in [6.45, 7) is 0. The van der Waals surface area contributed by atoms with Gasteiger partial charge in [-0.25, -0.2) is 0 Å². The van der Waals surface area contributed by atoms with Crippen LogP contribution in [0.1, 0.15) is 0 Å². The zero-order chi connectivity index (χ0) is 33.3. The van der Waals surface area contributed by atoms with Gasteiger partial charge in [0, 0.05) is 21.8 Å². The number of hydrogen-bond donors (Lipinski definition) is 1. The van der Waals surface area contributed by atoms with E-state index < -0.39 is 0 Å². The van der Waals surface area contributed by atoms with Gasteiger partial charge in [-0.3, -0.25) is 0 Å². The fourth-order valence-electron chi connectivity index (χ4n) is 6.37. The summed E-state index contributed by atoms with van der Waals surface area (Å²) < 4.78 is 6.08. The van der Waals surface area contributed by atoms with Crippen molar-refractivity contribution < 1.29 is 4.42 Å². The van der Waals surface area contributed by atoms with E-state index in [9.17, 15) is 0 Å². The molecule has 2 nitrogen and oxygen atoms in total. The van der Waals surface area contributed by atoms with Gasteiger partial charge in [-0.1, -0.05) is 73.4 Å². The first kappa shape index (κ1) is 31.2. The second-order valence-electron chi connectivity index (χ2n) is 11.3. The van der Waals surface area contributed by atoms with E-state index in [4.69, 9.17) is 114 Å². The number of fused-ring (bicyclic) bond motifs is 6. The van der Waals surface area contributed by atoms with Crippen molar-refractivity contribution in [1.82, 2.24) is 4.98 Å². The molecule has 46 heavy (non-hydrogen) atoms. The molecule has 7 aromatic rings. The Labute approximate surface area is 284 Å². The third-order valence-electron chi connectivity index (χ3n) is 8.87. The van der Waals surface area contributed by atoms with Crippen molar-refractivity contribution in [3.05, 3.63) is 24.3 Å². The molecule has 28 radical (unpaired) electrons. The Morgan fingerprint density at radius 3 is 1.22 bits per heavy atom. The molecule has 0 aliphatic rings. The number of nitrogens with one attached hydrogen (secondary N) is 1. The number of aromatic nitrogens is 1. The van der Waals surface area contributed by atoms with E-state index in [1.165, 1.54) is 0 Å². The smallest absolute Gasteiger partial charge is 0.128 e. The van der Waals surface area contributed by atoms with Crippen molar-refractivity contribution in [3.63, 3.8) is 0 Å². The highest BCUT2D eigenvalue weighted by atomic mass is 16.3. The molecule has 2 aromatic heterocycles. The largest absolute Gasteiger partial charge is 0.457 e. The van der Waals surface area contributed by atoms with Crippen LogP contribution in [0.5, 0.6) is 0 Å². The van der Waals surface area contributed by atoms with Gasteiger partial charge in [-0.15, -0.1) is 21.9 Å². The van der Waals surface area contributed by atoms with E-state index in [0.29, 0.717) is 60.3 Å². The summed E-state index contributed by atoms with van der Waals surface area (Å²) in [5.41, 5.74) is 6.03. The molecule has 0 spiro atoms. The monoisotopic (exact) mass is 549 g/mol. The van der Waals surface area contributed by atoms with E-state index in [2.05, 4.69) is 4.98 Å². The molecular weight excluding hydrogens is 542 g/mol. The summed E-state index contributed by atoms with van der Waals surface area (Å²) in [6, 6.07) is 7.14. The minimum absolute atomic E-state index is 0.0914. The maximum atomic E-state index is 6.77. The Bertz CT molecular complexity index is 2510. The van der Waals surface area contributed by atoms with Crippen LogP contribution in [0.15, 0.2) is 28.7 Å². The van der Waals surface area contributed by atoms with Crippen molar-refractivity contribution in [2.75, 3.05) is 0 Å². The van der Waals surface area contributed by atoms with Crippen LogP contribution >= 0.6 is 0 Å². The summed E-state index contributed by atoms with van der Waals surface area (Å²) in [6.07, 6.45) is 0. The van der Waals surface area contributed by atoms with Crippen LogP contribution in [-0.2, 0) is 0 Å². The van der Waals surface area contributed by atoms with Crippen LogP contribution in [0.4, 0.5) is 0 Å². The molecule has 0 saturated heterocycles. The van der Waals surface area contributed by atoms with Crippen LogP contribution in [0.25, 0.3) is 66.0 Å². The summed E-state index contributed by atoms with van der Waals surface area (Å²) in [4.78, 5) is 3.17. The maximum absolute atomic E-state index is 6.77. The van der Waals surface area contributed by atoms with Crippen LogP contribution in [0.3, 0.4) is 0 Å². The number of H-pyrrole nitrogens is 1. The summed E-state index contributed by atoms with van der Waals surface area (Å²) >= 11 is 0. The minimum Gasteiger partial charge on any atom is -0.457 e. The lowest BCUT2D eigenvalue weighted by molar-refractivity contribution is 0.675. The number of rotatable bonds is 2. The fraction of sp³-hybridized carbons (Fsp3) is 0. The Kier molecular flexibility index (Phi) is 7.17. The highest BCUT2D eigenvalue weighted by Crippen LogP contribution is 2.28. The molecule has 0 aliphatic heterocycles. The third kappa shape index (κ3) is 3.97. The average molecular weight is 547 g/mol. The van der Waals surface area contributed by atoms with Crippen molar-refractivity contribution in [3.8, 4) is 22.3 Å². The first-order chi connectivity index (χ1) is 21.7. The molecule has 1 N–H and O–H groups in total. The van der Waals surface area contributed by atoms with Crippen LogP contribution in [0.2, 0.25) is 0 Å². The van der Waals surface area contributed by atoms with Gasteiger partial charge in [0.05, 0.1) is 0 Å². The number of hydrogen-bond acceptors (Lipinski definition) is 1. The van der Waals surface area contributed by atoms with Crippen molar-refractivity contribution in [1.29, 1.82) is 0 Å². The van der Waals surface area contributed by atoms with Gasteiger partial charge >= 0.3 is 0 Å². The second kappa shape index (κ2) is 10.6. The third-order valence-corrected chi connectivity index (χ3v) is 8.87. The molecule has 0 atom stereocenters. The molecule has 0 amide bonds. The molecule has 178 valence electrons. The predicted octanol–water partition coefficient (Wildman–Crippen LogP) is -8.33. The van der Waals surface area contributed by atoms with Crippen molar-refractivity contribution in [2.24, 2.45) is 0 Å². The van der Waals surface area contributed by atoms with Crippen molar-refractivity contribution >= 4 is 230 Å². The second-order valence-corrected chi connectivity index (χ2v) is 11.3. The Balaban J connectivity index is 1.44. The standard InChI is InChI=1S/C30H5B14NO/c31-13-7(15(33)24(42)27-9(13)10-16(34)20(38)22(40)25(43)28(10)45-27)5-1-3-6(4-2-5)8-14(32)17(35)11-12-18(36)21(39)23(41)26(44)30(12)46-29(11)19(8)37/h1-4,45H. The predicted molar refractivity (Wildman–Crippen MR) is 209 cm³/mol. The highest BCUT2D eigenvalue weighted by molar-refractivity contribution is 6.71. The average Bonchev–Trinajstić information content (AvgIpc) is 3.64. The number of benzene rings is 5. The molecule has 0 aliphatic carbocycles. The highest BCUT2D eigenvalue weighted by Gasteiger charge is 2.23. The Hall–Kier alpha value is -3.39. The maximum Gasteiger partial charge on any atom is 0.128 e. The molecule has 0 saturated carbocycles. The fourth-order valence-corrected chi connectivity index (χ4v) is 6.37. The van der Waals surface area contributed by atoms with Gasteiger partial charge in [-0.05, 0) is 38.5 Å². The summed E-state index contributed by atoms with van der Waals surface area (Å²) in [7, 11) is 89.2. The van der Waals surface area contributed by atoms with Gasteiger partial charge in [0.25, 0.3) is 0 Å². The van der Waals surface area contributed by atoms with Gasteiger partial charge in [0.2, 0.25) is 0 Å². The van der Waals surface area contributed by atoms with E-state index in [1.54, 1.807) is 24.3 Å². The van der Waals surface area contributed by atoms with Gasteiger partial charge in [0.15, 0.2) is 0 Å². The zero-order valence-corrected chi connectivity index (χ0v) is 24.3. The van der Waals surface area contributed by atoms with Gasteiger partial charge in [0.1, 0.15) is 121 Å². The van der Waals surface area contributed by atoms with Crippen LogP contribution in [-0.4, -0.2) is 115 Å². The topological polar surface area (TPSA) is 28.9 Å². The van der Waals surface area contributed by atoms with Crippen LogP contribution in [0, 0.1) is 0 Å². The lowest BCUT2D eigenvalue weighted by atomic mass is 9.64. The molecule has 16 heteroatoms. The molecule has 0 unspecified atom stereocenters. The van der Waals surface area contributed by atoms with E-state index >= 15 is 0 Å². The summed E-state index contributed by atoms with van der Waals surface area (Å²) in [5.74, 6) is 0. The van der Waals surface area contributed by atoms with E-state index in [1.807, 2.05) is 0 Å². The molecule has 2 heterocycles. The van der Waals surface area contributed by atoms with E-state index in [-0.39, 0.29) is 82.2 Å². The molecule has 5 aromatic carbocycles. The van der Waals surface area contributed by atoms with Gasteiger partial charge in [-0.2, -0.15) is 0 Å². The first-order valence-electron chi connectivity index (χ1n) is 13.8. The number of aromatic amines is 1. The Morgan fingerprint density at radius 2 is 0.674 bits per heavy atom. The molecule has 0 fully saturated rings. The van der Waals surface area contributed by atoms with E-state index in [0.717, 1.165) is 0 Å². The molecule has 0 bridgehead atoms. The van der Waals surface area contributed by atoms with Crippen molar-refractivity contribution in [2.45, 2.75) is 0 Å². The molecular formula is C30H5B14NO. The molecule has 7 rings (SSSR count). The number of furan rings is 1. The van der Waals surface area contributed by atoms with Gasteiger partial charge < -0.3 is 9.40 Å². The normalized spacial score (nSPS) is 11.8. The lowest BCUT2D eigenvalue weighted by Crippen LogP contribution is -2.47. The quantitative estimate of drug-likeness (QED) is 0.215. The zero-order valence-electron chi connectivity index (χ0n) is 24.3. The summed E-state index contributed by atoms with van der Waals surface area (Å²) in [5, 5.41) is 1.75. The van der Waals surface area contributed by atoms with Crippen LogP contribution < -0.4 is 76.5 Å². The SMILES string of the molecule is [B]c1c([B])c([B])c2c([nH]c3c([B])c([B])c(-c4ccc(-c5c([B])c([B])c6c(oc7c([B])c([B])c([B])c([B])c76)c5[B])cc4)c([B])c32)c1[B]. The lowest BCUT2D eigenvalue weighted by Gasteiger charge is -2.19. The Morgan fingerprint density at radius 1 is 0.326 bits per heavy atom. The first-order valence-corrected chi connectivity index (χ1v) is 13.8.